The molecule has 1 saturated heterocycles. The summed E-state index contributed by atoms with van der Waals surface area (Å²) in [6.45, 7) is 9.44. The molecule has 0 atom stereocenters. The van der Waals surface area contributed by atoms with E-state index in [1.54, 1.807) is 24.3 Å². The third-order valence-corrected chi connectivity index (χ3v) is 7.32. The molecule has 1 aliphatic heterocycles. The molecule has 3 heterocycles. The number of aryl methyl sites for hydroxylation is 3. The summed E-state index contributed by atoms with van der Waals surface area (Å²) in [5.41, 5.74) is 4.70. The number of anilines is 1. The number of ether oxygens (including phenoxy) is 1. The second-order valence-electron chi connectivity index (χ2n) is 8.41. The first-order chi connectivity index (χ1) is 16.5. The number of amides is 4. The maximum absolute atomic E-state index is 13.2. The molecule has 0 unspecified atom stereocenters. The van der Waals surface area contributed by atoms with Gasteiger partial charge in [-0.05, 0) is 70.0 Å². The number of methoxy groups -OCH3 is 1. The minimum absolute atomic E-state index is 0.155. The quantitative estimate of drug-likeness (QED) is 0.328. The van der Waals surface area contributed by atoms with Crippen molar-refractivity contribution in [1.82, 2.24) is 9.88 Å². The fourth-order valence-electron chi connectivity index (χ4n) is 4.10. The average Bonchev–Trinajstić information content (AvgIpc) is 3.25. The maximum atomic E-state index is 13.2. The molecule has 0 bridgehead atoms. The van der Waals surface area contributed by atoms with E-state index in [1.165, 1.54) is 24.5 Å². The first-order valence-corrected chi connectivity index (χ1v) is 11.7. The summed E-state index contributed by atoms with van der Waals surface area (Å²) in [6, 6.07) is 7.92. The van der Waals surface area contributed by atoms with E-state index in [2.05, 4.69) is 5.32 Å². The Morgan fingerprint density at radius 1 is 1.03 bits per heavy atom. The molecule has 4 rings (SSSR count). The molecule has 1 fully saturated rings. The molecule has 0 aliphatic carbocycles. The molecular formula is C26H25N3O5S. The minimum Gasteiger partial charge on any atom is -0.465 e. The summed E-state index contributed by atoms with van der Waals surface area (Å²) in [6.07, 6.45) is 1.48. The first-order valence-electron chi connectivity index (χ1n) is 10.9. The van der Waals surface area contributed by atoms with E-state index in [0.29, 0.717) is 21.8 Å². The molecular weight excluding hydrogens is 466 g/mol. The Balaban J connectivity index is 1.81. The Morgan fingerprint density at radius 2 is 1.69 bits per heavy atom. The van der Waals surface area contributed by atoms with E-state index in [4.69, 9.17) is 4.74 Å². The van der Waals surface area contributed by atoms with E-state index >= 15 is 0 Å². The number of barbiturate groups is 1. The van der Waals surface area contributed by atoms with Crippen molar-refractivity contribution in [3.8, 4) is 5.00 Å². The van der Waals surface area contributed by atoms with Crippen LogP contribution >= 0.6 is 11.3 Å². The van der Waals surface area contributed by atoms with Crippen molar-refractivity contribution in [2.45, 2.75) is 34.6 Å². The fraction of sp³-hybridized carbons (Fsp3) is 0.231. The molecule has 1 aromatic carbocycles. The lowest BCUT2D eigenvalue weighted by Gasteiger charge is -2.26. The van der Waals surface area contributed by atoms with Gasteiger partial charge in [0.25, 0.3) is 11.8 Å². The van der Waals surface area contributed by atoms with Gasteiger partial charge in [-0.3, -0.25) is 14.9 Å². The highest BCUT2D eigenvalue weighted by atomic mass is 32.1. The zero-order valence-electron chi connectivity index (χ0n) is 20.3. The number of benzene rings is 1. The summed E-state index contributed by atoms with van der Waals surface area (Å²) in [5.74, 6) is -1.89. The van der Waals surface area contributed by atoms with Crippen molar-refractivity contribution in [2.24, 2.45) is 0 Å². The van der Waals surface area contributed by atoms with Gasteiger partial charge in [0.15, 0.2) is 0 Å². The smallest absolute Gasteiger partial charge is 0.341 e. The van der Waals surface area contributed by atoms with Gasteiger partial charge in [-0.25, -0.2) is 14.5 Å². The summed E-state index contributed by atoms with van der Waals surface area (Å²) < 4.78 is 6.92. The molecule has 9 heteroatoms. The summed E-state index contributed by atoms with van der Waals surface area (Å²) in [7, 11) is 1.35. The Bertz CT molecular complexity index is 1430. The van der Waals surface area contributed by atoms with Crippen molar-refractivity contribution in [3.05, 3.63) is 74.4 Å². The lowest BCUT2D eigenvalue weighted by atomic mass is 10.1. The van der Waals surface area contributed by atoms with Crippen LogP contribution in [0.1, 0.15) is 43.3 Å². The number of hydrogen-bond donors (Lipinski definition) is 1. The van der Waals surface area contributed by atoms with Crippen LogP contribution in [0.5, 0.6) is 0 Å². The highest BCUT2D eigenvalue weighted by Gasteiger charge is 2.37. The van der Waals surface area contributed by atoms with Crippen molar-refractivity contribution in [3.63, 3.8) is 0 Å². The van der Waals surface area contributed by atoms with Gasteiger partial charge >= 0.3 is 12.0 Å². The molecule has 1 N–H and O–H groups in total. The average molecular weight is 492 g/mol. The number of imide groups is 2. The van der Waals surface area contributed by atoms with Crippen molar-refractivity contribution < 1.29 is 23.9 Å². The lowest BCUT2D eigenvalue weighted by molar-refractivity contribution is -0.122. The third-order valence-electron chi connectivity index (χ3n) is 6.12. The van der Waals surface area contributed by atoms with Gasteiger partial charge in [-0.1, -0.05) is 17.7 Å². The molecule has 8 nitrogen and oxygen atoms in total. The van der Waals surface area contributed by atoms with E-state index < -0.39 is 23.8 Å². The predicted molar refractivity (Wildman–Crippen MR) is 134 cm³/mol. The standard InChI is InChI=1S/C26H25N3O5S/c1-13-7-9-19(10-8-13)29-23(31)20(22(30)27-26(29)33)12-18-11-14(2)28(16(18)4)24-21(25(32)34-6)15(3)17(5)35-24/h7-12H,1-6H3,(H,27,30,33)/b20-12+. The van der Waals surface area contributed by atoms with Crippen LogP contribution in [0.3, 0.4) is 0 Å². The zero-order chi connectivity index (χ0) is 25.6. The molecule has 0 saturated carbocycles. The Kier molecular flexibility index (Phi) is 6.21. The van der Waals surface area contributed by atoms with Gasteiger partial charge in [-0.15, -0.1) is 11.3 Å². The van der Waals surface area contributed by atoms with Gasteiger partial charge in [0, 0.05) is 16.3 Å². The number of carbonyl (C=O) groups is 4. The van der Waals surface area contributed by atoms with Crippen LogP contribution in [-0.4, -0.2) is 35.5 Å². The normalized spacial score (nSPS) is 15.1. The highest BCUT2D eigenvalue weighted by Crippen LogP contribution is 2.35. The fourth-order valence-corrected chi connectivity index (χ4v) is 5.35. The second-order valence-corrected chi connectivity index (χ2v) is 9.61. The zero-order valence-corrected chi connectivity index (χ0v) is 21.1. The molecule has 2 aromatic heterocycles. The Labute approximate surface area is 206 Å². The van der Waals surface area contributed by atoms with Crippen molar-refractivity contribution in [2.75, 3.05) is 12.0 Å². The number of nitrogens with one attached hydrogen (secondary N) is 1. The summed E-state index contributed by atoms with van der Waals surface area (Å²) in [4.78, 5) is 52.8. The van der Waals surface area contributed by atoms with Crippen LogP contribution in [0, 0.1) is 34.6 Å². The van der Waals surface area contributed by atoms with E-state index in [0.717, 1.165) is 32.3 Å². The molecule has 35 heavy (non-hydrogen) atoms. The van der Waals surface area contributed by atoms with E-state index in [9.17, 15) is 19.2 Å². The number of nitrogens with zero attached hydrogens (tertiary/aromatic N) is 2. The molecule has 4 amide bonds. The van der Waals surface area contributed by atoms with Gasteiger partial charge < -0.3 is 9.30 Å². The van der Waals surface area contributed by atoms with Gasteiger partial charge in [0.2, 0.25) is 0 Å². The topological polar surface area (TPSA) is 97.7 Å². The number of urea groups is 1. The number of rotatable bonds is 4. The molecule has 0 spiro atoms. The van der Waals surface area contributed by atoms with Crippen LogP contribution in [0.4, 0.5) is 10.5 Å². The number of thiophene rings is 1. The molecule has 1 aliphatic rings. The SMILES string of the molecule is COC(=O)c1c(-n2c(C)cc(/C=C3\C(=O)NC(=O)N(c4ccc(C)cc4)C3=O)c2C)sc(C)c1C. The number of aromatic nitrogens is 1. The van der Waals surface area contributed by atoms with Crippen LogP contribution < -0.4 is 10.2 Å². The van der Waals surface area contributed by atoms with Crippen LogP contribution in [0.15, 0.2) is 35.9 Å². The third kappa shape index (κ3) is 4.08. The largest absolute Gasteiger partial charge is 0.465 e. The van der Waals surface area contributed by atoms with E-state index in [-0.39, 0.29) is 5.57 Å². The number of carbonyl (C=O) groups excluding carboxylic acids is 4. The first kappa shape index (κ1) is 24.2. The van der Waals surface area contributed by atoms with Crippen molar-refractivity contribution in [1.29, 1.82) is 0 Å². The van der Waals surface area contributed by atoms with Crippen molar-refractivity contribution >= 4 is 46.9 Å². The Morgan fingerprint density at radius 3 is 2.31 bits per heavy atom. The number of esters is 1. The molecule has 0 radical (unpaired) electrons. The molecule has 180 valence electrons. The minimum atomic E-state index is -0.793. The Hall–Kier alpha value is -3.98. The number of hydrogen-bond acceptors (Lipinski definition) is 6. The van der Waals surface area contributed by atoms with Gasteiger partial charge in [-0.2, -0.15) is 0 Å². The lowest BCUT2D eigenvalue weighted by Crippen LogP contribution is -2.54. The van der Waals surface area contributed by atoms with E-state index in [1.807, 2.05) is 45.3 Å². The van der Waals surface area contributed by atoms with Crippen LogP contribution in [0.2, 0.25) is 0 Å². The highest BCUT2D eigenvalue weighted by molar-refractivity contribution is 7.15. The van der Waals surface area contributed by atoms with Crippen LogP contribution in [0.25, 0.3) is 11.1 Å². The molecule has 3 aromatic rings. The summed E-state index contributed by atoms with van der Waals surface area (Å²) in [5, 5.41) is 2.96. The van der Waals surface area contributed by atoms with Gasteiger partial charge in [0.05, 0.1) is 18.4 Å². The maximum Gasteiger partial charge on any atom is 0.341 e. The second kappa shape index (κ2) is 8.99. The predicted octanol–water partition coefficient (Wildman–Crippen LogP) is 4.53. The van der Waals surface area contributed by atoms with Crippen LogP contribution in [-0.2, 0) is 14.3 Å². The monoisotopic (exact) mass is 491 g/mol. The summed E-state index contributed by atoms with van der Waals surface area (Å²) >= 11 is 1.47. The van der Waals surface area contributed by atoms with Gasteiger partial charge in [0.1, 0.15) is 10.6 Å².